The highest BCUT2D eigenvalue weighted by molar-refractivity contribution is 5.95. The fourth-order valence-electron chi connectivity index (χ4n) is 6.90. The summed E-state index contributed by atoms with van der Waals surface area (Å²) in [6.07, 6.45) is 10.5. The minimum absolute atomic E-state index is 0.00944. The Morgan fingerprint density at radius 2 is 1.81 bits per heavy atom. The van der Waals surface area contributed by atoms with Gasteiger partial charge in [-0.3, -0.25) is 9.59 Å². The SMILES string of the molecule is CC(C)(O)COc1ccc2c(CC(=O)NC3CC4(C3)CC(Oc3cc(C5CC5)ccc3C(N)=O)C4)cnn2c1C1CC1. The summed E-state index contributed by atoms with van der Waals surface area (Å²) in [6.45, 7) is 3.65. The molecule has 7 rings (SSSR count). The number of amides is 2. The first kappa shape index (κ1) is 27.3. The number of carbonyl (C=O) groups is 2. The number of carbonyl (C=O) groups excluding carboxylic acids is 2. The van der Waals surface area contributed by atoms with Gasteiger partial charge in [-0.15, -0.1) is 0 Å². The molecule has 1 spiro atoms. The standard InChI is InChI=1S/C33H40N4O5/c1-32(2,40)18-41-27-10-9-26-22(17-35-37(26)30(27)20-5-6-20)12-29(38)36-23-13-33(14-23)15-24(16-33)42-28-11-21(19-3-4-19)7-8-25(28)31(34)39/h7-11,17,19-20,23-24,40H,3-6,12-16,18H2,1-2H3,(H2,34,39)(H,36,38). The number of aromatic nitrogens is 2. The van der Waals surface area contributed by atoms with Gasteiger partial charge in [-0.2, -0.15) is 5.10 Å². The molecular formula is C33H40N4O5. The molecule has 2 aromatic heterocycles. The Bertz CT molecular complexity index is 1530. The van der Waals surface area contributed by atoms with E-state index in [0.29, 0.717) is 23.1 Å². The van der Waals surface area contributed by atoms with Gasteiger partial charge in [-0.1, -0.05) is 6.07 Å². The second-order valence-corrected chi connectivity index (χ2v) is 13.8. The zero-order valence-electron chi connectivity index (χ0n) is 24.4. The largest absolute Gasteiger partial charge is 0.490 e. The third-order valence-electron chi connectivity index (χ3n) is 9.31. The van der Waals surface area contributed by atoms with E-state index in [1.165, 1.54) is 18.4 Å². The minimum Gasteiger partial charge on any atom is -0.490 e. The molecule has 0 aliphatic heterocycles. The Kier molecular flexibility index (Phi) is 6.49. The Morgan fingerprint density at radius 3 is 2.48 bits per heavy atom. The average molecular weight is 573 g/mol. The van der Waals surface area contributed by atoms with E-state index >= 15 is 0 Å². The van der Waals surface area contributed by atoms with Gasteiger partial charge in [0.2, 0.25) is 5.91 Å². The Labute approximate surface area is 245 Å². The molecular weight excluding hydrogens is 532 g/mol. The first-order valence-electron chi connectivity index (χ1n) is 15.3. The van der Waals surface area contributed by atoms with Crippen LogP contribution >= 0.6 is 0 Å². The molecule has 9 nitrogen and oxygen atoms in total. The van der Waals surface area contributed by atoms with E-state index in [9.17, 15) is 14.7 Å². The first-order valence-corrected chi connectivity index (χ1v) is 15.3. The van der Waals surface area contributed by atoms with Gasteiger partial charge < -0.3 is 25.6 Å². The number of nitrogens with two attached hydrogens (primary N) is 1. The second kappa shape index (κ2) is 10.0. The number of ether oxygens (including phenoxy) is 2. The van der Waals surface area contributed by atoms with Crippen LogP contribution in [0.5, 0.6) is 11.5 Å². The number of hydrogen-bond donors (Lipinski definition) is 3. The maximum atomic E-state index is 13.0. The third-order valence-corrected chi connectivity index (χ3v) is 9.31. The van der Waals surface area contributed by atoms with Crippen molar-refractivity contribution in [2.45, 2.75) is 101 Å². The lowest BCUT2D eigenvalue weighted by atomic mass is 9.53. The van der Waals surface area contributed by atoms with Gasteiger partial charge in [0.05, 0.1) is 41.1 Å². The predicted molar refractivity (Wildman–Crippen MR) is 157 cm³/mol. The van der Waals surface area contributed by atoms with Crippen molar-refractivity contribution in [3.8, 4) is 11.5 Å². The highest BCUT2D eigenvalue weighted by atomic mass is 16.5. The van der Waals surface area contributed by atoms with Crippen LogP contribution in [0.1, 0.15) is 104 Å². The molecule has 4 aliphatic carbocycles. The van der Waals surface area contributed by atoms with Crippen LogP contribution in [0, 0.1) is 5.41 Å². The summed E-state index contributed by atoms with van der Waals surface area (Å²) in [7, 11) is 0. The average Bonchev–Trinajstić information content (AvgIpc) is 3.82. The lowest BCUT2D eigenvalue weighted by Crippen LogP contribution is -2.59. The van der Waals surface area contributed by atoms with Crippen LogP contribution in [-0.2, 0) is 11.2 Å². The van der Waals surface area contributed by atoms with Gasteiger partial charge in [0.25, 0.3) is 5.91 Å². The van der Waals surface area contributed by atoms with Gasteiger partial charge in [0, 0.05) is 17.5 Å². The number of pyridine rings is 1. The van der Waals surface area contributed by atoms with E-state index < -0.39 is 11.5 Å². The van der Waals surface area contributed by atoms with Crippen LogP contribution in [0.15, 0.2) is 36.5 Å². The maximum absolute atomic E-state index is 13.0. The predicted octanol–water partition coefficient (Wildman–Crippen LogP) is 4.39. The van der Waals surface area contributed by atoms with E-state index in [2.05, 4.69) is 10.4 Å². The molecule has 4 saturated carbocycles. The summed E-state index contributed by atoms with van der Waals surface area (Å²) in [6, 6.07) is 9.87. The molecule has 4 aliphatic rings. The number of fused-ring (bicyclic) bond motifs is 1. The summed E-state index contributed by atoms with van der Waals surface area (Å²) in [5.41, 5.74) is 9.42. The Morgan fingerprint density at radius 1 is 1.07 bits per heavy atom. The van der Waals surface area contributed by atoms with Gasteiger partial charge >= 0.3 is 0 Å². The Hall–Kier alpha value is -3.59. The number of aliphatic hydroxyl groups is 1. The highest BCUT2D eigenvalue weighted by Crippen LogP contribution is 2.57. The number of rotatable bonds is 11. The molecule has 2 heterocycles. The number of nitrogens with one attached hydrogen (secondary N) is 1. The zero-order chi connectivity index (χ0) is 29.2. The molecule has 222 valence electrons. The molecule has 4 fully saturated rings. The number of nitrogens with zero attached hydrogens (tertiary/aromatic N) is 2. The van der Waals surface area contributed by atoms with E-state index in [-0.39, 0.29) is 36.5 Å². The quantitative estimate of drug-likeness (QED) is 0.313. The maximum Gasteiger partial charge on any atom is 0.252 e. The molecule has 0 radical (unpaired) electrons. The lowest BCUT2D eigenvalue weighted by Gasteiger charge is -2.57. The topological polar surface area (TPSA) is 128 Å². The van der Waals surface area contributed by atoms with Crippen molar-refractivity contribution in [3.05, 3.63) is 58.9 Å². The van der Waals surface area contributed by atoms with Crippen LogP contribution in [0.3, 0.4) is 0 Å². The Balaban J connectivity index is 0.931. The van der Waals surface area contributed by atoms with E-state index in [4.69, 9.17) is 15.2 Å². The van der Waals surface area contributed by atoms with Crippen molar-refractivity contribution < 1.29 is 24.2 Å². The molecule has 0 atom stereocenters. The molecule has 2 amide bonds. The summed E-state index contributed by atoms with van der Waals surface area (Å²) in [5, 5.41) is 18.0. The normalized spacial score (nSPS) is 25.1. The minimum atomic E-state index is -0.924. The van der Waals surface area contributed by atoms with E-state index in [0.717, 1.165) is 61.0 Å². The summed E-state index contributed by atoms with van der Waals surface area (Å²) in [4.78, 5) is 25.0. The molecule has 0 saturated heterocycles. The van der Waals surface area contributed by atoms with Crippen LogP contribution in [-0.4, -0.2) is 50.9 Å². The van der Waals surface area contributed by atoms with Crippen molar-refractivity contribution >= 4 is 17.3 Å². The van der Waals surface area contributed by atoms with Gasteiger partial charge in [0.15, 0.2) is 0 Å². The monoisotopic (exact) mass is 572 g/mol. The number of hydrogen-bond acceptors (Lipinski definition) is 6. The van der Waals surface area contributed by atoms with Crippen LogP contribution < -0.4 is 20.5 Å². The fraction of sp³-hybridized carbons (Fsp3) is 0.545. The molecule has 9 heteroatoms. The second-order valence-electron chi connectivity index (χ2n) is 13.8. The molecule has 0 unspecified atom stereocenters. The van der Waals surface area contributed by atoms with Crippen LogP contribution in [0.25, 0.3) is 5.52 Å². The molecule has 4 N–H and O–H groups in total. The van der Waals surface area contributed by atoms with Crippen molar-refractivity contribution in [1.29, 1.82) is 0 Å². The summed E-state index contributed by atoms with van der Waals surface area (Å²) < 4.78 is 14.2. The number of primary amides is 1. The van der Waals surface area contributed by atoms with Crippen LogP contribution in [0.2, 0.25) is 0 Å². The van der Waals surface area contributed by atoms with Crippen molar-refractivity contribution in [2.75, 3.05) is 6.61 Å². The van der Waals surface area contributed by atoms with E-state index in [1.54, 1.807) is 26.1 Å². The molecule has 3 aromatic rings. The smallest absolute Gasteiger partial charge is 0.252 e. The summed E-state index contributed by atoms with van der Waals surface area (Å²) in [5.74, 6) is 1.88. The van der Waals surface area contributed by atoms with Gasteiger partial charge in [-0.25, -0.2) is 4.52 Å². The molecule has 42 heavy (non-hydrogen) atoms. The number of benzene rings is 1. The van der Waals surface area contributed by atoms with E-state index in [1.807, 2.05) is 28.8 Å². The lowest BCUT2D eigenvalue weighted by molar-refractivity contribution is -0.126. The van der Waals surface area contributed by atoms with Crippen molar-refractivity contribution in [2.24, 2.45) is 11.1 Å². The third kappa shape index (κ3) is 5.46. The van der Waals surface area contributed by atoms with Crippen molar-refractivity contribution in [3.63, 3.8) is 0 Å². The highest BCUT2D eigenvalue weighted by Gasteiger charge is 2.54. The fourth-order valence-corrected chi connectivity index (χ4v) is 6.90. The molecule has 1 aromatic carbocycles. The first-order chi connectivity index (χ1) is 20.1. The molecule has 0 bridgehead atoms. The van der Waals surface area contributed by atoms with Gasteiger partial charge in [0.1, 0.15) is 18.1 Å². The van der Waals surface area contributed by atoms with Crippen molar-refractivity contribution in [1.82, 2.24) is 14.9 Å². The van der Waals surface area contributed by atoms with Crippen LogP contribution in [0.4, 0.5) is 0 Å². The zero-order valence-corrected chi connectivity index (χ0v) is 24.4. The summed E-state index contributed by atoms with van der Waals surface area (Å²) >= 11 is 0. The van der Waals surface area contributed by atoms with Gasteiger partial charge in [-0.05, 0) is 106 Å².